The molecule has 68 valence electrons. The normalized spacial score (nSPS) is 10.2. The zero-order chi connectivity index (χ0) is 10.0. The van der Waals surface area contributed by atoms with Gasteiger partial charge in [-0.2, -0.15) is 9.65 Å². The van der Waals surface area contributed by atoms with E-state index >= 15 is 0 Å². The first-order chi connectivity index (χ1) is 6.06. The summed E-state index contributed by atoms with van der Waals surface area (Å²) in [6.07, 6.45) is -2.92. The highest BCUT2D eigenvalue weighted by atomic mass is 35.5. The Morgan fingerprint density at radius 2 is 2.15 bits per heavy atom. The van der Waals surface area contributed by atoms with Crippen LogP contribution in [0.15, 0.2) is 6.07 Å². The molecule has 0 saturated carbocycles. The van der Waals surface area contributed by atoms with Gasteiger partial charge in [0.25, 0.3) is 6.43 Å². The summed E-state index contributed by atoms with van der Waals surface area (Å²) in [5.74, 6) is -1.25. The predicted molar refractivity (Wildman–Crippen MR) is 38.9 cm³/mol. The van der Waals surface area contributed by atoms with Crippen molar-refractivity contribution in [1.82, 2.24) is 4.98 Å². The lowest BCUT2D eigenvalue weighted by molar-refractivity contribution is 0.151. The Kier molecular flexibility index (Phi) is 2.73. The highest BCUT2D eigenvalue weighted by Gasteiger charge is 2.17. The molecule has 0 bridgehead atoms. The van der Waals surface area contributed by atoms with Gasteiger partial charge in [0.2, 0.25) is 5.95 Å². The number of alkyl halides is 2. The second kappa shape index (κ2) is 3.62. The smallest absolute Gasteiger partial charge is 0.208 e. The molecule has 13 heavy (non-hydrogen) atoms. The van der Waals surface area contributed by atoms with Crippen LogP contribution >= 0.6 is 11.6 Å². The summed E-state index contributed by atoms with van der Waals surface area (Å²) >= 11 is 5.19. The van der Waals surface area contributed by atoms with E-state index in [1.165, 1.54) is 6.07 Å². The average molecular weight is 207 g/mol. The number of pyridine rings is 1. The van der Waals surface area contributed by atoms with E-state index in [0.717, 1.165) is 6.07 Å². The summed E-state index contributed by atoms with van der Waals surface area (Å²) in [7, 11) is 0. The maximum atomic E-state index is 12.7. The molecule has 0 aromatic carbocycles. The highest BCUT2D eigenvalue weighted by molar-refractivity contribution is 6.31. The minimum Gasteiger partial charge on any atom is -0.208 e. The number of halogens is 4. The van der Waals surface area contributed by atoms with E-state index in [9.17, 15) is 13.2 Å². The van der Waals surface area contributed by atoms with Crippen molar-refractivity contribution >= 4 is 11.6 Å². The first-order valence-corrected chi connectivity index (χ1v) is 3.48. The molecule has 0 aliphatic rings. The molecule has 0 N–H and O–H groups in total. The maximum absolute atomic E-state index is 12.7. The Hall–Kier alpha value is -1.28. The van der Waals surface area contributed by atoms with Crippen molar-refractivity contribution in [1.29, 1.82) is 5.26 Å². The predicted octanol–water partition coefficient (Wildman–Crippen LogP) is 2.68. The lowest BCUT2D eigenvalue weighted by atomic mass is 10.2. The SMILES string of the molecule is N#Cc1cc(C(F)F)c(Cl)c(F)n1. The van der Waals surface area contributed by atoms with Gasteiger partial charge in [-0.1, -0.05) is 11.6 Å². The van der Waals surface area contributed by atoms with Gasteiger partial charge in [0.05, 0.1) is 0 Å². The Bertz CT molecular complexity index is 373. The van der Waals surface area contributed by atoms with E-state index in [2.05, 4.69) is 4.98 Å². The van der Waals surface area contributed by atoms with Crippen molar-refractivity contribution in [2.24, 2.45) is 0 Å². The van der Waals surface area contributed by atoms with E-state index < -0.39 is 28.7 Å². The van der Waals surface area contributed by atoms with Gasteiger partial charge in [0.1, 0.15) is 16.8 Å². The number of hydrogen-bond donors (Lipinski definition) is 0. The average Bonchev–Trinajstić information content (AvgIpc) is 2.09. The van der Waals surface area contributed by atoms with E-state index in [1.807, 2.05) is 0 Å². The van der Waals surface area contributed by atoms with Crippen LogP contribution in [0.4, 0.5) is 13.2 Å². The molecule has 2 nitrogen and oxygen atoms in total. The van der Waals surface area contributed by atoms with Gasteiger partial charge in [-0.3, -0.25) is 0 Å². The highest BCUT2D eigenvalue weighted by Crippen LogP contribution is 2.28. The largest absolute Gasteiger partial charge is 0.265 e. The van der Waals surface area contributed by atoms with E-state index in [1.54, 1.807) is 0 Å². The lowest BCUT2D eigenvalue weighted by Crippen LogP contribution is -1.96. The fourth-order valence-corrected chi connectivity index (χ4v) is 0.912. The van der Waals surface area contributed by atoms with Gasteiger partial charge in [-0.05, 0) is 6.07 Å². The minimum atomic E-state index is -2.92. The van der Waals surface area contributed by atoms with Crippen LogP contribution in [0.2, 0.25) is 5.02 Å². The van der Waals surface area contributed by atoms with Gasteiger partial charge < -0.3 is 0 Å². The Balaban J connectivity index is 3.35. The molecule has 0 fully saturated rings. The number of aromatic nitrogens is 1. The molecule has 0 amide bonds. The topological polar surface area (TPSA) is 36.7 Å². The van der Waals surface area contributed by atoms with Crippen LogP contribution in [0, 0.1) is 17.3 Å². The minimum absolute atomic E-state index is 0.419. The van der Waals surface area contributed by atoms with Crippen LogP contribution in [0.5, 0.6) is 0 Å². The molecule has 0 radical (unpaired) electrons. The van der Waals surface area contributed by atoms with Gasteiger partial charge in [-0.25, -0.2) is 13.8 Å². The molecular formula is C7H2ClF3N2. The van der Waals surface area contributed by atoms with Crippen molar-refractivity contribution in [3.63, 3.8) is 0 Å². The van der Waals surface area contributed by atoms with Crippen LogP contribution in [0.25, 0.3) is 0 Å². The van der Waals surface area contributed by atoms with Gasteiger partial charge in [0.15, 0.2) is 0 Å². The lowest BCUT2D eigenvalue weighted by Gasteiger charge is -2.02. The second-order valence-electron chi connectivity index (χ2n) is 2.11. The Morgan fingerprint density at radius 1 is 1.54 bits per heavy atom. The number of nitrogens with zero attached hydrogens (tertiary/aromatic N) is 2. The summed E-state index contributed by atoms with van der Waals surface area (Å²) < 4.78 is 36.9. The fourth-order valence-electron chi connectivity index (χ4n) is 0.733. The van der Waals surface area contributed by atoms with Gasteiger partial charge in [0, 0.05) is 5.56 Å². The third-order valence-corrected chi connectivity index (χ3v) is 1.67. The Labute approximate surface area is 76.6 Å². The standard InChI is InChI=1S/C7H2ClF3N2/c8-5-4(6(9)10)1-3(2-12)13-7(5)11/h1,6H. The monoisotopic (exact) mass is 206 g/mol. The summed E-state index contributed by atoms with van der Waals surface area (Å²) in [5, 5.41) is 7.55. The Morgan fingerprint density at radius 3 is 2.62 bits per heavy atom. The van der Waals surface area contributed by atoms with Crippen LogP contribution in [-0.2, 0) is 0 Å². The van der Waals surface area contributed by atoms with Crippen molar-refractivity contribution in [2.75, 3.05) is 0 Å². The van der Waals surface area contributed by atoms with Crippen molar-refractivity contribution in [2.45, 2.75) is 6.43 Å². The molecule has 6 heteroatoms. The van der Waals surface area contributed by atoms with Crippen LogP contribution in [0.3, 0.4) is 0 Å². The molecule has 1 aromatic rings. The summed E-state index contributed by atoms with van der Waals surface area (Å²) in [4.78, 5) is 3.04. The first kappa shape index (κ1) is 9.81. The van der Waals surface area contributed by atoms with Gasteiger partial charge in [-0.15, -0.1) is 0 Å². The second-order valence-corrected chi connectivity index (χ2v) is 2.49. The van der Waals surface area contributed by atoms with Crippen LogP contribution in [0.1, 0.15) is 17.7 Å². The molecule has 0 saturated heterocycles. The molecular weight excluding hydrogens is 205 g/mol. The third-order valence-electron chi connectivity index (χ3n) is 1.30. The summed E-state index contributed by atoms with van der Waals surface area (Å²) in [6.45, 7) is 0. The van der Waals surface area contributed by atoms with Crippen molar-refractivity contribution in [3.05, 3.63) is 28.3 Å². The summed E-state index contributed by atoms with van der Waals surface area (Å²) in [6, 6.07) is 2.21. The van der Waals surface area contributed by atoms with Gasteiger partial charge >= 0.3 is 0 Å². The molecule has 0 atom stereocenters. The van der Waals surface area contributed by atoms with E-state index in [0.29, 0.717) is 0 Å². The quantitative estimate of drug-likeness (QED) is 0.663. The van der Waals surface area contributed by atoms with E-state index in [4.69, 9.17) is 16.9 Å². The maximum Gasteiger partial charge on any atom is 0.265 e. The summed E-state index contributed by atoms with van der Waals surface area (Å²) in [5.41, 5.74) is -1.14. The third kappa shape index (κ3) is 1.90. The fraction of sp³-hybridized carbons (Fsp3) is 0.143. The zero-order valence-corrected chi connectivity index (χ0v) is 6.82. The van der Waals surface area contributed by atoms with Crippen molar-refractivity contribution < 1.29 is 13.2 Å². The molecule has 0 aliphatic heterocycles. The molecule has 1 rings (SSSR count). The number of nitriles is 1. The molecule has 0 aliphatic carbocycles. The number of rotatable bonds is 1. The first-order valence-electron chi connectivity index (χ1n) is 3.10. The molecule has 0 spiro atoms. The zero-order valence-electron chi connectivity index (χ0n) is 6.06. The van der Waals surface area contributed by atoms with E-state index in [-0.39, 0.29) is 0 Å². The number of hydrogen-bond acceptors (Lipinski definition) is 2. The molecule has 0 unspecified atom stereocenters. The van der Waals surface area contributed by atoms with Crippen LogP contribution in [-0.4, -0.2) is 4.98 Å². The molecule has 1 heterocycles. The van der Waals surface area contributed by atoms with Crippen molar-refractivity contribution in [3.8, 4) is 6.07 Å². The van der Waals surface area contributed by atoms with Crippen LogP contribution < -0.4 is 0 Å². The molecule has 1 aromatic heterocycles.